The number of hydrogen-bond acceptors (Lipinski definition) is 10. The van der Waals surface area contributed by atoms with E-state index < -0.39 is 48.6 Å². The number of carbonyl (C=O) groups excluding carboxylic acids is 2. The normalized spacial score (nSPS) is 35.0. The van der Waals surface area contributed by atoms with Crippen LogP contribution in [0.5, 0.6) is 0 Å². The van der Waals surface area contributed by atoms with Crippen molar-refractivity contribution in [2.24, 2.45) is 5.73 Å². The molecule has 3 heterocycles. The highest BCUT2D eigenvalue weighted by molar-refractivity contribution is 5.88. The molecule has 1 aromatic heterocycles. The van der Waals surface area contributed by atoms with Crippen molar-refractivity contribution in [3.05, 3.63) is 12.2 Å². The van der Waals surface area contributed by atoms with E-state index in [4.69, 9.17) is 15.2 Å². The highest BCUT2D eigenvalue weighted by Crippen LogP contribution is 2.29. The molecule has 0 aliphatic carbocycles. The van der Waals surface area contributed by atoms with Crippen LogP contribution >= 0.6 is 0 Å². The molecule has 0 saturated carbocycles. The number of β-amino-alcohol motifs (C(OH)–C–C–N with tert-alkyl or cyclic N) is 1. The van der Waals surface area contributed by atoms with E-state index >= 15 is 0 Å². The second-order valence-electron chi connectivity index (χ2n) is 5.94. The summed E-state index contributed by atoms with van der Waals surface area (Å²) < 4.78 is 11.6. The average Bonchev–Trinajstić information content (AvgIpc) is 3.27. The Hall–Kier alpha value is -2.12. The molecular formula is C13H19N5O7. The van der Waals surface area contributed by atoms with Gasteiger partial charge < -0.3 is 35.8 Å². The van der Waals surface area contributed by atoms with E-state index in [2.05, 4.69) is 15.4 Å². The second-order valence-corrected chi connectivity index (χ2v) is 5.94. The lowest BCUT2D eigenvalue weighted by atomic mass is 10.1. The highest BCUT2D eigenvalue weighted by atomic mass is 16.6. The minimum absolute atomic E-state index is 0.243. The first-order valence-electron chi connectivity index (χ1n) is 7.67. The van der Waals surface area contributed by atoms with E-state index in [0.29, 0.717) is 6.54 Å². The number of primary amides is 1. The van der Waals surface area contributed by atoms with E-state index in [1.807, 2.05) is 0 Å². The maximum Gasteiger partial charge on any atom is 0.323 e. The molecule has 2 fully saturated rings. The smallest absolute Gasteiger partial charge is 0.323 e. The Balaban J connectivity index is 1.58. The predicted octanol–water partition coefficient (Wildman–Crippen LogP) is -3.74. The largest absolute Gasteiger partial charge is 0.462 e. The number of rotatable bonds is 5. The van der Waals surface area contributed by atoms with Gasteiger partial charge in [0.05, 0.1) is 6.10 Å². The van der Waals surface area contributed by atoms with Gasteiger partial charge in [0.15, 0.2) is 6.23 Å². The van der Waals surface area contributed by atoms with Gasteiger partial charge in [-0.1, -0.05) is 0 Å². The summed E-state index contributed by atoms with van der Waals surface area (Å²) in [6.45, 7) is 0.0107. The number of aromatic nitrogens is 3. The molecule has 138 valence electrons. The summed E-state index contributed by atoms with van der Waals surface area (Å²) in [5.74, 6) is -1.68. The van der Waals surface area contributed by atoms with Crippen molar-refractivity contribution in [3.8, 4) is 0 Å². The van der Waals surface area contributed by atoms with Crippen LogP contribution in [-0.4, -0.2) is 85.6 Å². The Morgan fingerprint density at radius 1 is 1.40 bits per heavy atom. The number of aliphatic hydroxyl groups excluding tert-OH is 3. The third-order valence-electron chi connectivity index (χ3n) is 4.11. The topological polar surface area (TPSA) is 182 Å². The van der Waals surface area contributed by atoms with Crippen LogP contribution in [0.1, 0.15) is 23.3 Å². The maximum absolute atomic E-state index is 11.9. The minimum atomic E-state index is -1.36. The molecule has 0 radical (unpaired) electrons. The van der Waals surface area contributed by atoms with Gasteiger partial charge in [0.2, 0.25) is 5.82 Å². The maximum atomic E-state index is 11.9. The van der Waals surface area contributed by atoms with Crippen LogP contribution in [0.15, 0.2) is 6.33 Å². The predicted molar refractivity (Wildman–Crippen MR) is 77.8 cm³/mol. The molecular weight excluding hydrogens is 338 g/mol. The number of nitrogens with one attached hydrogen (secondary N) is 1. The molecule has 12 nitrogen and oxygen atoms in total. The van der Waals surface area contributed by atoms with Gasteiger partial charge in [-0.25, -0.2) is 9.67 Å². The van der Waals surface area contributed by atoms with Crippen molar-refractivity contribution in [1.82, 2.24) is 20.1 Å². The molecule has 2 saturated heterocycles. The van der Waals surface area contributed by atoms with Crippen LogP contribution in [0.2, 0.25) is 0 Å². The van der Waals surface area contributed by atoms with Crippen LogP contribution in [0, 0.1) is 0 Å². The number of nitrogens with two attached hydrogens (primary N) is 1. The number of hydrogen-bond donors (Lipinski definition) is 5. The summed E-state index contributed by atoms with van der Waals surface area (Å²) >= 11 is 0. The van der Waals surface area contributed by atoms with Gasteiger partial charge in [-0.2, -0.15) is 0 Å². The van der Waals surface area contributed by atoms with Crippen molar-refractivity contribution >= 4 is 11.9 Å². The molecule has 1 amide bonds. The Bertz CT molecular complexity index is 652. The molecule has 6 atom stereocenters. The molecule has 2 aliphatic heterocycles. The lowest BCUT2D eigenvalue weighted by Crippen LogP contribution is -2.37. The van der Waals surface area contributed by atoms with Gasteiger partial charge in [-0.15, -0.1) is 5.10 Å². The zero-order valence-corrected chi connectivity index (χ0v) is 13.1. The third-order valence-corrected chi connectivity index (χ3v) is 4.11. The number of aliphatic hydroxyl groups is 3. The molecule has 2 aliphatic rings. The fourth-order valence-corrected chi connectivity index (χ4v) is 2.76. The van der Waals surface area contributed by atoms with Gasteiger partial charge in [0.25, 0.3) is 5.91 Å². The zero-order chi connectivity index (χ0) is 18.1. The Labute approximate surface area is 141 Å². The van der Waals surface area contributed by atoms with Gasteiger partial charge in [0.1, 0.15) is 37.3 Å². The van der Waals surface area contributed by atoms with Crippen LogP contribution in [0.4, 0.5) is 0 Å². The van der Waals surface area contributed by atoms with Crippen LogP contribution in [-0.2, 0) is 14.3 Å². The Kier molecular flexibility index (Phi) is 4.96. The van der Waals surface area contributed by atoms with Gasteiger partial charge >= 0.3 is 5.97 Å². The van der Waals surface area contributed by atoms with Gasteiger partial charge in [-0.3, -0.25) is 9.59 Å². The number of esters is 1. The first-order chi connectivity index (χ1) is 11.9. The van der Waals surface area contributed by atoms with Crippen molar-refractivity contribution in [1.29, 1.82) is 0 Å². The van der Waals surface area contributed by atoms with Crippen molar-refractivity contribution in [3.63, 3.8) is 0 Å². The van der Waals surface area contributed by atoms with Crippen molar-refractivity contribution in [2.75, 3.05) is 13.2 Å². The van der Waals surface area contributed by atoms with Gasteiger partial charge in [0, 0.05) is 13.0 Å². The Morgan fingerprint density at radius 3 is 2.76 bits per heavy atom. The quantitative estimate of drug-likeness (QED) is 0.328. The summed E-state index contributed by atoms with van der Waals surface area (Å²) in [7, 11) is 0. The van der Waals surface area contributed by atoms with Crippen LogP contribution in [0.3, 0.4) is 0 Å². The molecule has 0 bridgehead atoms. The lowest BCUT2D eigenvalue weighted by molar-refractivity contribution is -0.152. The summed E-state index contributed by atoms with van der Waals surface area (Å²) in [4.78, 5) is 26.6. The molecule has 1 aromatic rings. The average molecular weight is 357 g/mol. The molecule has 25 heavy (non-hydrogen) atoms. The molecule has 12 heteroatoms. The number of nitrogens with zero attached hydrogens (tertiary/aromatic N) is 3. The Morgan fingerprint density at radius 2 is 2.16 bits per heavy atom. The first kappa shape index (κ1) is 17.7. The molecule has 6 N–H and O–H groups in total. The second kappa shape index (κ2) is 7.01. The van der Waals surface area contributed by atoms with Crippen molar-refractivity contribution < 1.29 is 34.4 Å². The van der Waals surface area contributed by atoms with E-state index in [1.54, 1.807) is 0 Å². The molecule has 0 unspecified atom stereocenters. The lowest BCUT2D eigenvalue weighted by Gasteiger charge is -2.16. The van der Waals surface area contributed by atoms with Crippen LogP contribution < -0.4 is 11.1 Å². The highest BCUT2D eigenvalue weighted by Gasteiger charge is 2.45. The third kappa shape index (κ3) is 3.62. The van der Waals surface area contributed by atoms with E-state index in [0.717, 1.165) is 11.0 Å². The van der Waals surface area contributed by atoms with E-state index in [9.17, 15) is 24.9 Å². The fourth-order valence-electron chi connectivity index (χ4n) is 2.76. The number of carbonyl (C=O) groups is 2. The van der Waals surface area contributed by atoms with Gasteiger partial charge in [-0.05, 0) is 0 Å². The minimum Gasteiger partial charge on any atom is -0.462 e. The van der Waals surface area contributed by atoms with E-state index in [-0.39, 0.29) is 18.9 Å². The standard InChI is InChI=1S/C13H19N5O7/c14-10(22)11-16-4-18(17-11)12-9(21)8(20)7(25-12)3-24-13(23)6-1-5(19)2-15-6/h4-9,12,15,19-21H,1-3H2,(H2,14,22)/t5-,6-,7-,8-,9-,12-/m1/s1. The fraction of sp³-hybridized carbons (Fsp3) is 0.692. The van der Waals surface area contributed by atoms with Crippen molar-refractivity contribution in [2.45, 2.75) is 43.1 Å². The first-order valence-corrected chi connectivity index (χ1v) is 7.67. The number of amides is 1. The summed E-state index contributed by atoms with van der Waals surface area (Å²) in [5.41, 5.74) is 5.05. The number of ether oxygens (including phenoxy) is 2. The monoisotopic (exact) mass is 357 g/mol. The van der Waals surface area contributed by atoms with E-state index in [1.165, 1.54) is 0 Å². The molecule has 0 spiro atoms. The van der Waals surface area contributed by atoms with Crippen LogP contribution in [0.25, 0.3) is 0 Å². The summed E-state index contributed by atoms with van der Waals surface area (Å²) in [6.07, 6.45) is -4.02. The summed E-state index contributed by atoms with van der Waals surface area (Å²) in [6, 6.07) is -0.622. The molecule has 3 rings (SSSR count). The SMILES string of the molecule is NC(=O)c1ncn([C@@H]2O[C@H](COC(=O)[C@H]3C[C@@H](O)CN3)[C@@H](O)[C@H]2O)n1. The summed E-state index contributed by atoms with van der Waals surface area (Å²) in [5, 5.41) is 36.1. The molecule has 0 aromatic carbocycles. The zero-order valence-electron chi connectivity index (χ0n) is 13.1.